The molecule has 0 saturated heterocycles. The molecule has 0 bridgehead atoms. The van der Waals surface area contributed by atoms with Gasteiger partial charge >= 0.3 is 0 Å². The van der Waals surface area contributed by atoms with Crippen LogP contribution in [0.25, 0.3) is 0 Å². The van der Waals surface area contributed by atoms with Crippen LogP contribution >= 0.6 is 0 Å². The van der Waals surface area contributed by atoms with Gasteiger partial charge in [0.1, 0.15) is 0 Å². The molecule has 0 saturated carbocycles. The highest BCUT2D eigenvalue weighted by Gasteiger charge is 2.13. The minimum absolute atomic E-state index is 0.263. The summed E-state index contributed by atoms with van der Waals surface area (Å²) in [5.74, 6) is 1.14. The lowest BCUT2D eigenvalue weighted by Crippen LogP contribution is -2.09. The molecule has 2 aromatic rings. The normalized spacial score (nSPS) is 12.3. The summed E-state index contributed by atoms with van der Waals surface area (Å²) in [5.41, 5.74) is 8.29. The van der Waals surface area contributed by atoms with Crippen LogP contribution in [0.4, 0.5) is 0 Å². The molecule has 1 aromatic heterocycles. The highest BCUT2D eigenvalue weighted by Crippen LogP contribution is 2.15. The first kappa shape index (κ1) is 12.5. The van der Waals surface area contributed by atoms with Gasteiger partial charge in [0.05, 0.1) is 6.04 Å². The molecule has 2 N–H and O–H groups in total. The van der Waals surface area contributed by atoms with Gasteiger partial charge in [-0.05, 0) is 24.5 Å². The van der Waals surface area contributed by atoms with E-state index in [-0.39, 0.29) is 6.04 Å². The van der Waals surface area contributed by atoms with Crippen LogP contribution < -0.4 is 5.73 Å². The fourth-order valence-corrected chi connectivity index (χ4v) is 1.75. The van der Waals surface area contributed by atoms with Gasteiger partial charge in [-0.2, -0.15) is 4.98 Å². The number of benzene rings is 1. The van der Waals surface area contributed by atoms with Gasteiger partial charge in [-0.3, -0.25) is 0 Å². The summed E-state index contributed by atoms with van der Waals surface area (Å²) in [6, 6.07) is 7.89. The second kappa shape index (κ2) is 5.60. The van der Waals surface area contributed by atoms with Crippen molar-refractivity contribution in [3.63, 3.8) is 0 Å². The van der Waals surface area contributed by atoms with Gasteiger partial charge in [0.15, 0.2) is 5.82 Å². The van der Waals surface area contributed by atoms with E-state index in [0.717, 1.165) is 0 Å². The monoisotopic (exact) mass is 243 g/mol. The minimum Gasteiger partial charge on any atom is -0.338 e. The average Bonchev–Trinajstić information content (AvgIpc) is 2.81. The summed E-state index contributed by atoms with van der Waals surface area (Å²) in [6.07, 6.45) is 3.04. The van der Waals surface area contributed by atoms with Crippen LogP contribution in [0.15, 0.2) is 41.4 Å². The maximum Gasteiger partial charge on any atom is 0.243 e. The number of aryl methyl sites for hydroxylation is 1. The molecule has 4 nitrogen and oxygen atoms in total. The van der Waals surface area contributed by atoms with Crippen molar-refractivity contribution in [3.8, 4) is 0 Å². The summed E-state index contributed by atoms with van der Waals surface area (Å²) in [4.78, 5) is 4.31. The van der Waals surface area contributed by atoms with Crippen LogP contribution in [-0.2, 0) is 6.42 Å². The number of hydrogen-bond donors (Lipinski definition) is 1. The van der Waals surface area contributed by atoms with Crippen LogP contribution in [0.3, 0.4) is 0 Å². The number of hydrogen-bond acceptors (Lipinski definition) is 4. The lowest BCUT2D eigenvalue weighted by Gasteiger charge is -2.01. The number of aromatic nitrogens is 2. The molecule has 1 atom stereocenters. The zero-order valence-corrected chi connectivity index (χ0v) is 10.5. The van der Waals surface area contributed by atoms with Gasteiger partial charge in [0.25, 0.3) is 0 Å². The first-order chi connectivity index (χ1) is 8.70. The van der Waals surface area contributed by atoms with Crippen molar-refractivity contribution in [1.29, 1.82) is 0 Å². The van der Waals surface area contributed by atoms with Gasteiger partial charge in [-0.15, -0.1) is 6.58 Å². The van der Waals surface area contributed by atoms with Gasteiger partial charge in [-0.1, -0.05) is 35.5 Å². The van der Waals surface area contributed by atoms with Crippen LogP contribution in [0.1, 0.15) is 35.3 Å². The smallest absolute Gasteiger partial charge is 0.243 e. The topological polar surface area (TPSA) is 64.9 Å². The third-order valence-corrected chi connectivity index (χ3v) is 2.83. The Bertz CT molecular complexity index is 533. The van der Waals surface area contributed by atoms with Crippen LogP contribution in [0, 0.1) is 6.92 Å². The standard InChI is InChI=1S/C14H17N3O/c1-3-6-12(15)14-16-13(17-18-14)9-11-8-5-4-7-10(11)2/h3-5,7-8,12H,1,6,9,15H2,2H3. The van der Waals surface area contributed by atoms with Crippen molar-refractivity contribution >= 4 is 0 Å². The van der Waals surface area contributed by atoms with E-state index < -0.39 is 0 Å². The van der Waals surface area contributed by atoms with Gasteiger partial charge < -0.3 is 10.3 Å². The zero-order valence-electron chi connectivity index (χ0n) is 10.5. The van der Waals surface area contributed by atoms with E-state index in [2.05, 4.69) is 35.8 Å². The van der Waals surface area contributed by atoms with E-state index in [0.29, 0.717) is 24.6 Å². The molecule has 2 rings (SSSR count). The molecule has 1 heterocycles. The molecule has 0 radical (unpaired) electrons. The predicted octanol–water partition coefficient (Wildman–Crippen LogP) is 2.54. The van der Waals surface area contributed by atoms with Gasteiger partial charge in [0.2, 0.25) is 5.89 Å². The molecule has 0 aliphatic carbocycles. The number of nitrogens with two attached hydrogens (primary N) is 1. The molecular formula is C14H17N3O. The molecule has 0 aliphatic heterocycles. The summed E-state index contributed by atoms with van der Waals surface area (Å²) >= 11 is 0. The Morgan fingerprint density at radius 1 is 1.44 bits per heavy atom. The summed E-state index contributed by atoms with van der Waals surface area (Å²) in [5, 5.41) is 3.96. The molecule has 1 aromatic carbocycles. The highest BCUT2D eigenvalue weighted by atomic mass is 16.5. The summed E-state index contributed by atoms with van der Waals surface area (Å²) in [7, 11) is 0. The fourth-order valence-electron chi connectivity index (χ4n) is 1.75. The van der Waals surface area contributed by atoms with Crippen LogP contribution in [0.5, 0.6) is 0 Å². The first-order valence-electron chi connectivity index (χ1n) is 5.94. The average molecular weight is 243 g/mol. The van der Waals surface area contributed by atoms with Crippen molar-refractivity contribution in [2.75, 3.05) is 0 Å². The first-order valence-corrected chi connectivity index (χ1v) is 5.94. The van der Waals surface area contributed by atoms with Crippen molar-refractivity contribution in [3.05, 3.63) is 59.8 Å². The van der Waals surface area contributed by atoms with Crippen LogP contribution in [0.2, 0.25) is 0 Å². The maximum absolute atomic E-state index is 5.87. The zero-order chi connectivity index (χ0) is 13.0. The van der Waals surface area contributed by atoms with E-state index in [1.807, 2.05) is 12.1 Å². The van der Waals surface area contributed by atoms with Crippen molar-refractivity contribution in [2.45, 2.75) is 25.8 Å². The highest BCUT2D eigenvalue weighted by molar-refractivity contribution is 5.28. The van der Waals surface area contributed by atoms with Gasteiger partial charge in [-0.25, -0.2) is 0 Å². The number of rotatable bonds is 5. The number of nitrogens with zero attached hydrogens (tertiary/aromatic N) is 2. The molecule has 0 fully saturated rings. The Morgan fingerprint density at radius 2 is 2.22 bits per heavy atom. The Balaban J connectivity index is 2.11. The quantitative estimate of drug-likeness (QED) is 0.819. The predicted molar refractivity (Wildman–Crippen MR) is 70.0 cm³/mol. The molecule has 0 amide bonds. The van der Waals surface area contributed by atoms with Crippen molar-refractivity contribution in [2.24, 2.45) is 5.73 Å². The lowest BCUT2D eigenvalue weighted by molar-refractivity contribution is 0.352. The van der Waals surface area contributed by atoms with E-state index >= 15 is 0 Å². The lowest BCUT2D eigenvalue weighted by atomic mass is 10.1. The Hall–Kier alpha value is -1.94. The summed E-state index contributed by atoms with van der Waals surface area (Å²) < 4.78 is 5.16. The van der Waals surface area contributed by atoms with E-state index in [1.54, 1.807) is 6.08 Å². The third-order valence-electron chi connectivity index (χ3n) is 2.83. The molecule has 0 spiro atoms. The molecule has 0 aliphatic rings. The molecule has 1 unspecified atom stereocenters. The van der Waals surface area contributed by atoms with E-state index in [9.17, 15) is 0 Å². The largest absolute Gasteiger partial charge is 0.338 e. The third kappa shape index (κ3) is 2.84. The van der Waals surface area contributed by atoms with Crippen LogP contribution in [-0.4, -0.2) is 10.1 Å². The maximum atomic E-state index is 5.87. The Morgan fingerprint density at radius 3 is 2.94 bits per heavy atom. The Labute approximate surface area is 107 Å². The second-order valence-electron chi connectivity index (χ2n) is 4.28. The van der Waals surface area contributed by atoms with Crippen molar-refractivity contribution in [1.82, 2.24) is 10.1 Å². The van der Waals surface area contributed by atoms with E-state index in [4.69, 9.17) is 10.3 Å². The van der Waals surface area contributed by atoms with E-state index in [1.165, 1.54) is 11.1 Å². The molecule has 18 heavy (non-hydrogen) atoms. The molecule has 94 valence electrons. The van der Waals surface area contributed by atoms with Crippen molar-refractivity contribution < 1.29 is 4.52 Å². The summed E-state index contributed by atoms with van der Waals surface area (Å²) in [6.45, 7) is 5.71. The fraction of sp³-hybridized carbons (Fsp3) is 0.286. The second-order valence-corrected chi connectivity index (χ2v) is 4.28. The molecular weight excluding hydrogens is 226 g/mol. The Kier molecular flexibility index (Phi) is 3.89. The SMILES string of the molecule is C=CCC(N)c1nc(Cc2ccccc2C)no1. The molecule has 4 heteroatoms. The minimum atomic E-state index is -0.263. The van der Waals surface area contributed by atoms with Gasteiger partial charge in [0, 0.05) is 6.42 Å².